The highest BCUT2D eigenvalue weighted by Crippen LogP contribution is 2.35. The molecule has 0 bridgehead atoms. The molecule has 0 unspecified atom stereocenters. The van der Waals surface area contributed by atoms with Crippen LogP contribution in [0.4, 0.5) is 0 Å². The van der Waals surface area contributed by atoms with Crippen LogP contribution in [0.3, 0.4) is 0 Å². The lowest BCUT2D eigenvalue weighted by atomic mass is 9.96. The summed E-state index contributed by atoms with van der Waals surface area (Å²) in [4.78, 5) is 2.49. The Morgan fingerprint density at radius 2 is 1.54 bits per heavy atom. The van der Waals surface area contributed by atoms with Crippen LogP contribution in [0.2, 0.25) is 0 Å². The summed E-state index contributed by atoms with van der Waals surface area (Å²) in [7, 11) is 0. The monoisotopic (exact) mass is 353 g/mol. The number of nitrogens with zero attached hydrogens (tertiary/aromatic N) is 1. The Bertz CT molecular complexity index is 688. The third-order valence-electron chi connectivity index (χ3n) is 5.86. The van der Waals surface area contributed by atoms with Crippen LogP contribution in [-0.2, 0) is 12.8 Å². The van der Waals surface area contributed by atoms with Gasteiger partial charge >= 0.3 is 0 Å². The number of rotatable bonds is 11. The van der Waals surface area contributed by atoms with Gasteiger partial charge in [-0.1, -0.05) is 69.9 Å². The first kappa shape index (κ1) is 19.4. The maximum atomic E-state index is 11.1. The molecule has 26 heavy (non-hydrogen) atoms. The molecular formula is C24H35NO. The average Bonchev–Trinajstić information content (AvgIpc) is 3.07. The summed E-state index contributed by atoms with van der Waals surface area (Å²) in [5.41, 5.74) is 4.02. The second kappa shape index (κ2) is 9.53. The van der Waals surface area contributed by atoms with Crippen LogP contribution in [0.15, 0.2) is 30.3 Å². The van der Waals surface area contributed by atoms with E-state index >= 15 is 0 Å². The van der Waals surface area contributed by atoms with E-state index in [1.165, 1.54) is 60.4 Å². The van der Waals surface area contributed by atoms with E-state index < -0.39 is 6.10 Å². The zero-order chi connectivity index (χ0) is 18.4. The molecule has 0 fully saturated rings. The van der Waals surface area contributed by atoms with Gasteiger partial charge in [-0.05, 0) is 66.2 Å². The highest BCUT2D eigenvalue weighted by Gasteiger charge is 2.20. The van der Waals surface area contributed by atoms with Crippen molar-refractivity contribution in [1.29, 1.82) is 0 Å². The van der Waals surface area contributed by atoms with Crippen LogP contribution in [0.1, 0.15) is 75.2 Å². The molecule has 0 saturated carbocycles. The Labute approximate surface area is 159 Å². The summed E-state index contributed by atoms with van der Waals surface area (Å²) in [5, 5.41) is 13.7. The van der Waals surface area contributed by atoms with Crippen molar-refractivity contribution in [2.75, 3.05) is 19.6 Å². The lowest BCUT2D eigenvalue weighted by Crippen LogP contribution is -2.31. The standard InChI is InChI=1S/C24H35NO/c1-3-5-7-16-25(17-8-6-4-2)18-23(26)21-15-14-20-13-12-19-10-9-11-22(21)24(19)20/h9-11,14-15,23,26H,3-8,12-13,16-18H2,1-2H3/t23-/m1/s1. The molecule has 0 radical (unpaired) electrons. The second-order valence-electron chi connectivity index (χ2n) is 7.88. The number of aryl methyl sites for hydroxylation is 2. The average molecular weight is 354 g/mol. The molecule has 1 aliphatic rings. The Balaban J connectivity index is 1.74. The molecule has 0 spiro atoms. The van der Waals surface area contributed by atoms with Crippen molar-refractivity contribution in [3.63, 3.8) is 0 Å². The molecule has 2 nitrogen and oxygen atoms in total. The van der Waals surface area contributed by atoms with E-state index in [1.54, 1.807) is 0 Å². The minimum atomic E-state index is -0.400. The summed E-state index contributed by atoms with van der Waals surface area (Å²) < 4.78 is 0. The fourth-order valence-electron chi connectivity index (χ4n) is 4.37. The summed E-state index contributed by atoms with van der Waals surface area (Å²) in [6.07, 6.45) is 9.42. The third-order valence-corrected chi connectivity index (χ3v) is 5.86. The van der Waals surface area contributed by atoms with Crippen molar-refractivity contribution in [2.24, 2.45) is 0 Å². The van der Waals surface area contributed by atoms with Gasteiger partial charge in [-0.3, -0.25) is 0 Å². The molecule has 2 heteroatoms. The van der Waals surface area contributed by atoms with Crippen LogP contribution in [0.5, 0.6) is 0 Å². The van der Waals surface area contributed by atoms with Crippen molar-refractivity contribution >= 4 is 10.8 Å². The molecule has 142 valence electrons. The molecule has 2 aromatic rings. The van der Waals surface area contributed by atoms with Crippen molar-refractivity contribution in [1.82, 2.24) is 4.90 Å². The molecule has 0 amide bonds. The van der Waals surface area contributed by atoms with Crippen molar-refractivity contribution in [2.45, 2.75) is 71.3 Å². The first-order valence-electron chi connectivity index (χ1n) is 10.7. The first-order valence-corrected chi connectivity index (χ1v) is 10.7. The van der Waals surface area contributed by atoms with Gasteiger partial charge in [-0.25, -0.2) is 0 Å². The number of aliphatic hydroxyl groups is 1. The molecular weight excluding hydrogens is 318 g/mol. The lowest BCUT2D eigenvalue weighted by Gasteiger charge is -2.26. The number of hydrogen-bond acceptors (Lipinski definition) is 2. The van der Waals surface area contributed by atoms with E-state index in [1.807, 2.05) is 0 Å². The number of unbranched alkanes of at least 4 members (excludes halogenated alkanes) is 4. The van der Waals surface area contributed by atoms with Gasteiger partial charge in [0.2, 0.25) is 0 Å². The lowest BCUT2D eigenvalue weighted by molar-refractivity contribution is 0.111. The van der Waals surface area contributed by atoms with Crippen LogP contribution in [0, 0.1) is 0 Å². The largest absolute Gasteiger partial charge is 0.387 e. The van der Waals surface area contributed by atoms with Gasteiger partial charge in [0.25, 0.3) is 0 Å². The Hall–Kier alpha value is -1.38. The summed E-state index contributed by atoms with van der Waals surface area (Å²) in [6.45, 7) is 7.48. The van der Waals surface area contributed by atoms with Gasteiger partial charge in [-0.15, -0.1) is 0 Å². The summed E-state index contributed by atoms with van der Waals surface area (Å²) in [5.74, 6) is 0. The van der Waals surface area contributed by atoms with Crippen LogP contribution in [-0.4, -0.2) is 29.6 Å². The van der Waals surface area contributed by atoms with Crippen molar-refractivity contribution in [3.05, 3.63) is 47.0 Å². The normalized spacial score (nSPS) is 14.5. The SMILES string of the molecule is CCCCCN(CCCCC)C[C@@H](O)c1ccc2c3c(cccc13)CC2. The first-order chi connectivity index (χ1) is 12.7. The van der Waals surface area contributed by atoms with E-state index in [4.69, 9.17) is 0 Å². The van der Waals surface area contributed by atoms with Crippen molar-refractivity contribution in [3.8, 4) is 0 Å². The van der Waals surface area contributed by atoms with Gasteiger partial charge < -0.3 is 10.0 Å². The Kier molecular flexibility index (Phi) is 7.10. The molecule has 0 saturated heterocycles. The van der Waals surface area contributed by atoms with Crippen LogP contribution >= 0.6 is 0 Å². The number of hydrogen-bond donors (Lipinski definition) is 1. The predicted molar refractivity (Wildman–Crippen MR) is 112 cm³/mol. The van der Waals surface area contributed by atoms with Crippen LogP contribution in [0.25, 0.3) is 10.8 Å². The van der Waals surface area contributed by atoms with Crippen molar-refractivity contribution < 1.29 is 5.11 Å². The van der Waals surface area contributed by atoms with Gasteiger partial charge in [0.15, 0.2) is 0 Å². The van der Waals surface area contributed by atoms with Gasteiger partial charge in [-0.2, -0.15) is 0 Å². The fraction of sp³-hybridized carbons (Fsp3) is 0.583. The van der Waals surface area contributed by atoms with E-state index in [-0.39, 0.29) is 0 Å². The highest BCUT2D eigenvalue weighted by molar-refractivity contribution is 5.93. The molecule has 2 aromatic carbocycles. The molecule has 0 heterocycles. The Morgan fingerprint density at radius 1 is 0.885 bits per heavy atom. The van der Waals surface area contributed by atoms with Gasteiger partial charge in [0, 0.05) is 6.54 Å². The van der Waals surface area contributed by atoms with Gasteiger partial charge in [0.1, 0.15) is 0 Å². The Morgan fingerprint density at radius 3 is 2.19 bits per heavy atom. The van der Waals surface area contributed by atoms with E-state index in [0.29, 0.717) is 0 Å². The minimum Gasteiger partial charge on any atom is -0.387 e. The molecule has 0 aliphatic heterocycles. The fourth-order valence-corrected chi connectivity index (χ4v) is 4.37. The molecule has 3 rings (SSSR count). The van der Waals surface area contributed by atoms with E-state index in [0.717, 1.165) is 38.0 Å². The quantitative estimate of drug-likeness (QED) is 0.527. The summed E-state index contributed by atoms with van der Waals surface area (Å²) in [6, 6.07) is 11.0. The second-order valence-corrected chi connectivity index (χ2v) is 7.88. The molecule has 1 N–H and O–H groups in total. The van der Waals surface area contributed by atoms with Gasteiger partial charge in [0.05, 0.1) is 6.10 Å². The van der Waals surface area contributed by atoms with E-state index in [2.05, 4.69) is 49.1 Å². The maximum Gasteiger partial charge on any atom is 0.0922 e. The molecule has 1 aliphatic carbocycles. The molecule has 0 aromatic heterocycles. The number of benzene rings is 2. The van der Waals surface area contributed by atoms with Crippen LogP contribution < -0.4 is 0 Å². The topological polar surface area (TPSA) is 23.5 Å². The highest BCUT2D eigenvalue weighted by atomic mass is 16.3. The minimum absolute atomic E-state index is 0.400. The summed E-state index contributed by atoms with van der Waals surface area (Å²) >= 11 is 0. The zero-order valence-electron chi connectivity index (χ0n) is 16.6. The molecule has 1 atom stereocenters. The zero-order valence-corrected chi connectivity index (χ0v) is 16.6. The van der Waals surface area contributed by atoms with E-state index in [9.17, 15) is 5.11 Å². The smallest absolute Gasteiger partial charge is 0.0922 e. The number of aliphatic hydroxyl groups excluding tert-OH is 1. The predicted octanol–water partition coefficient (Wildman–Crippen LogP) is 5.65. The third kappa shape index (κ3) is 4.47. The maximum absolute atomic E-state index is 11.1.